The van der Waals surface area contributed by atoms with E-state index < -0.39 is 10.0 Å². The third-order valence-corrected chi connectivity index (χ3v) is 8.09. The molecule has 1 aliphatic rings. The highest BCUT2D eigenvalue weighted by Crippen LogP contribution is 2.41. The summed E-state index contributed by atoms with van der Waals surface area (Å²) >= 11 is 0. The first kappa shape index (κ1) is 20.1. The van der Waals surface area contributed by atoms with Gasteiger partial charge in [-0.1, -0.05) is 48.9 Å². The summed E-state index contributed by atoms with van der Waals surface area (Å²) in [5, 5.41) is 2.81. The molecule has 4 aromatic rings. The Morgan fingerprint density at radius 1 is 0.968 bits per heavy atom. The molecule has 3 aromatic carbocycles. The molecule has 5 rings (SSSR count). The zero-order chi connectivity index (χ0) is 21.9. The Morgan fingerprint density at radius 2 is 1.65 bits per heavy atom. The molecule has 0 amide bonds. The fourth-order valence-electron chi connectivity index (χ4n) is 5.14. The molecule has 160 valence electrons. The number of hydrogen-bond acceptors (Lipinski definition) is 3. The van der Waals surface area contributed by atoms with Crippen molar-refractivity contribution in [3.8, 4) is 0 Å². The van der Waals surface area contributed by atoms with E-state index in [9.17, 15) is 8.42 Å². The minimum Gasteiger partial charge on any atom is -0.460 e. The lowest BCUT2D eigenvalue weighted by atomic mass is 9.87. The number of benzene rings is 3. The highest BCUT2D eigenvalue weighted by atomic mass is 32.2. The van der Waals surface area contributed by atoms with Crippen molar-refractivity contribution < 1.29 is 12.8 Å². The lowest BCUT2D eigenvalue weighted by molar-refractivity contribution is 0.439. The van der Waals surface area contributed by atoms with Crippen LogP contribution in [0.4, 0.5) is 5.69 Å². The van der Waals surface area contributed by atoms with Gasteiger partial charge in [-0.15, -0.1) is 0 Å². The van der Waals surface area contributed by atoms with E-state index in [1.54, 1.807) is 0 Å². The van der Waals surface area contributed by atoms with E-state index in [1.165, 1.54) is 5.56 Å². The maximum Gasteiger partial charge on any atom is 0.262 e. The molecule has 1 atom stereocenters. The predicted octanol–water partition coefficient (Wildman–Crippen LogP) is 6.44. The second-order valence-corrected chi connectivity index (χ2v) is 10.7. The average Bonchev–Trinajstić information content (AvgIpc) is 3.05. The van der Waals surface area contributed by atoms with Crippen LogP contribution in [0.2, 0.25) is 0 Å². The van der Waals surface area contributed by atoms with Crippen LogP contribution in [0.15, 0.2) is 51.8 Å². The van der Waals surface area contributed by atoms with Gasteiger partial charge in [-0.05, 0) is 56.7 Å². The Kier molecular flexibility index (Phi) is 4.63. The predicted molar refractivity (Wildman–Crippen MR) is 126 cm³/mol. The highest BCUT2D eigenvalue weighted by molar-refractivity contribution is 7.92. The van der Waals surface area contributed by atoms with Gasteiger partial charge in [0, 0.05) is 28.1 Å². The molecule has 0 radical (unpaired) electrons. The van der Waals surface area contributed by atoms with Gasteiger partial charge in [0.1, 0.15) is 11.3 Å². The van der Waals surface area contributed by atoms with E-state index in [0.29, 0.717) is 16.5 Å². The first-order chi connectivity index (χ1) is 14.7. The zero-order valence-corrected chi connectivity index (χ0v) is 19.2. The number of sulfonamides is 1. The minimum atomic E-state index is -3.75. The fourth-order valence-corrected chi connectivity index (χ4v) is 6.67. The van der Waals surface area contributed by atoms with Crippen molar-refractivity contribution in [3.05, 3.63) is 70.5 Å². The molecule has 0 spiro atoms. The molecular formula is C26H27NO3S. The number of furan rings is 1. The molecule has 1 aliphatic carbocycles. The van der Waals surface area contributed by atoms with Crippen molar-refractivity contribution >= 4 is 37.5 Å². The second-order valence-electron chi connectivity index (χ2n) is 9.03. The van der Waals surface area contributed by atoms with Crippen LogP contribution in [0, 0.1) is 26.7 Å². The SMILES string of the molecule is Cc1cc(C)c(S(=O)(=O)Nc2cc3c4c(oc3c3ccccc23)CC[C@H](C)C4)c(C)c1. The highest BCUT2D eigenvalue weighted by Gasteiger charge is 2.26. The van der Waals surface area contributed by atoms with Gasteiger partial charge in [0.25, 0.3) is 10.0 Å². The van der Waals surface area contributed by atoms with Crippen molar-refractivity contribution in [3.63, 3.8) is 0 Å². The van der Waals surface area contributed by atoms with E-state index in [4.69, 9.17) is 4.42 Å². The van der Waals surface area contributed by atoms with Crippen molar-refractivity contribution in [2.24, 2.45) is 5.92 Å². The van der Waals surface area contributed by atoms with Gasteiger partial charge in [-0.25, -0.2) is 8.42 Å². The van der Waals surface area contributed by atoms with E-state index in [0.717, 1.165) is 63.5 Å². The number of hydrogen-bond donors (Lipinski definition) is 1. The Morgan fingerprint density at radius 3 is 2.35 bits per heavy atom. The first-order valence-electron chi connectivity index (χ1n) is 10.8. The molecule has 31 heavy (non-hydrogen) atoms. The Labute approximate surface area is 183 Å². The Hall–Kier alpha value is -2.79. The van der Waals surface area contributed by atoms with Crippen molar-refractivity contribution in [1.29, 1.82) is 0 Å². The Bertz CT molecular complexity index is 1420. The smallest absolute Gasteiger partial charge is 0.262 e. The molecule has 4 nitrogen and oxygen atoms in total. The van der Waals surface area contributed by atoms with Crippen molar-refractivity contribution in [1.82, 2.24) is 0 Å². The monoisotopic (exact) mass is 433 g/mol. The molecule has 1 heterocycles. The van der Waals surface area contributed by atoms with Gasteiger partial charge in [-0.3, -0.25) is 4.72 Å². The summed E-state index contributed by atoms with van der Waals surface area (Å²) in [6, 6.07) is 13.7. The summed E-state index contributed by atoms with van der Waals surface area (Å²) in [4.78, 5) is 0.352. The number of rotatable bonds is 3. The minimum absolute atomic E-state index is 0.352. The van der Waals surface area contributed by atoms with Crippen LogP contribution in [0.5, 0.6) is 0 Å². The van der Waals surface area contributed by atoms with Crippen LogP contribution in [-0.2, 0) is 22.9 Å². The quantitative estimate of drug-likeness (QED) is 0.405. The van der Waals surface area contributed by atoms with E-state index in [1.807, 2.05) is 63.2 Å². The number of nitrogens with one attached hydrogen (secondary N) is 1. The molecule has 5 heteroatoms. The lowest BCUT2D eigenvalue weighted by Gasteiger charge is -2.17. The molecule has 0 saturated heterocycles. The molecular weight excluding hydrogens is 406 g/mol. The zero-order valence-electron chi connectivity index (χ0n) is 18.4. The molecule has 0 saturated carbocycles. The molecule has 0 unspecified atom stereocenters. The van der Waals surface area contributed by atoms with Gasteiger partial charge < -0.3 is 4.42 Å². The summed E-state index contributed by atoms with van der Waals surface area (Å²) in [7, 11) is -3.75. The van der Waals surface area contributed by atoms with Crippen molar-refractivity contribution in [2.45, 2.75) is 51.9 Å². The van der Waals surface area contributed by atoms with Gasteiger partial charge in [0.15, 0.2) is 0 Å². The molecule has 0 fully saturated rings. The summed E-state index contributed by atoms with van der Waals surface area (Å²) in [5.41, 5.74) is 5.25. The average molecular weight is 434 g/mol. The van der Waals surface area contributed by atoms with Crippen LogP contribution in [-0.4, -0.2) is 8.42 Å². The summed E-state index contributed by atoms with van der Waals surface area (Å²) in [6.07, 6.45) is 3.02. The van der Waals surface area contributed by atoms with Gasteiger partial charge in [0.2, 0.25) is 0 Å². The molecule has 1 N–H and O–H groups in total. The number of fused-ring (bicyclic) bond motifs is 5. The summed E-state index contributed by atoms with van der Waals surface area (Å²) in [6.45, 7) is 7.94. The van der Waals surface area contributed by atoms with Crippen LogP contribution < -0.4 is 4.72 Å². The molecule has 0 aliphatic heterocycles. The van der Waals surface area contributed by atoms with E-state index >= 15 is 0 Å². The third-order valence-electron chi connectivity index (χ3n) is 6.42. The molecule has 0 bridgehead atoms. The third kappa shape index (κ3) is 3.32. The number of anilines is 1. The second kappa shape index (κ2) is 7.13. The van der Waals surface area contributed by atoms with Crippen LogP contribution in [0.1, 0.15) is 41.4 Å². The van der Waals surface area contributed by atoms with Crippen LogP contribution in [0.3, 0.4) is 0 Å². The van der Waals surface area contributed by atoms with Gasteiger partial charge >= 0.3 is 0 Å². The summed E-state index contributed by atoms with van der Waals surface area (Å²) in [5.74, 6) is 1.64. The standard InChI is InChI=1S/C26H27NO3S/c1-15-9-10-24-21(13-15)22-14-23(19-7-5-6-8-20(19)25(22)30-24)27-31(28,29)26-17(3)11-16(2)12-18(26)4/h5-8,11-12,14-15,27H,9-10,13H2,1-4H3/t15-/m0/s1. The summed E-state index contributed by atoms with van der Waals surface area (Å²) < 4.78 is 36.2. The van der Waals surface area contributed by atoms with Gasteiger partial charge in [-0.2, -0.15) is 0 Å². The molecule has 1 aromatic heterocycles. The Balaban J connectivity index is 1.72. The maximum absolute atomic E-state index is 13.5. The largest absolute Gasteiger partial charge is 0.460 e. The maximum atomic E-state index is 13.5. The van der Waals surface area contributed by atoms with Crippen LogP contribution >= 0.6 is 0 Å². The van der Waals surface area contributed by atoms with Crippen molar-refractivity contribution in [2.75, 3.05) is 4.72 Å². The lowest BCUT2D eigenvalue weighted by Crippen LogP contribution is -2.16. The topological polar surface area (TPSA) is 59.3 Å². The van der Waals surface area contributed by atoms with E-state index in [-0.39, 0.29) is 0 Å². The fraction of sp³-hybridized carbons (Fsp3) is 0.308. The normalized spacial score (nSPS) is 16.6. The first-order valence-corrected chi connectivity index (χ1v) is 12.3. The van der Waals surface area contributed by atoms with Gasteiger partial charge in [0.05, 0.1) is 10.6 Å². The van der Waals surface area contributed by atoms with E-state index in [2.05, 4.69) is 11.6 Å². The number of aryl methyl sites for hydroxylation is 4. The van der Waals surface area contributed by atoms with Crippen LogP contribution in [0.25, 0.3) is 21.7 Å².